The van der Waals surface area contributed by atoms with Crippen LogP contribution in [0.2, 0.25) is 5.02 Å². The van der Waals surface area contributed by atoms with E-state index in [9.17, 15) is 14.9 Å². The number of benzene rings is 1. The summed E-state index contributed by atoms with van der Waals surface area (Å²) in [5.74, 6) is -2.18. The van der Waals surface area contributed by atoms with E-state index in [1.54, 1.807) is 49.2 Å². The molecular weight excluding hydrogens is 356 g/mol. The average Bonchev–Trinajstić information content (AvgIpc) is 3.02. The summed E-state index contributed by atoms with van der Waals surface area (Å²) in [7, 11) is 3.22. The van der Waals surface area contributed by atoms with Crippen LogP contribution in [0.25, 0.3) is 0 Å². The maximum atomic E-state index is 12.4. The van der Waals surface area contributed by atoms with Gasteiger partial charge in [-0.25, -0.2) is 0 Å². The van der Waals surface area contributed by atoms with Gasteiger partial charge in [0.05, 0.1) is 25.1 Å². The van der Waals surface area contributed by atoms with Gasteiger partial charge in [-0.1, -0.05) is 11.6 Å². The molecule has 0 aliphatic rings. The molecule has 7 nitrogen and oxygen atoms in total. The number of methoxy groups -OCH3 is 1. The lowest BCUT2D eigenvalue weighted by Crippen LogP contribution is -2.29. The molecule has 0 fully saturated rings. The van der Waals surface area contributed by atoms with Crippen LogP contribution < -0.4 is 10.1 Å². The van der Waals surface area contributed by atoms with Crippen LogP contribution in [0.1, 0.15) is 17.5 Å². The second-order valence-corrected chi connectivity index (χ2v) is 6.25. The number of rotatable bonds is 7. The van der Waals surface area contributed by atoms with Gasteiger partial charge in [0.15, 0.2) is 11.7 Å². The van der Waals surface area contributed by atoms with Crippen LogP contribution in [0.15, 0.2) is 24.5 Å². The van der Waals surface area contributed by atoms with Crippen molar-refractivity contribution in [3.63, 3.8) is 0 Å². The third-order valence-corrected chi connectivity index (χ3v) is 4.28. The van der Waals surface area contributed by atoms with Crippen LogP contribution in [0.4, 0.5) is 5.69 Å². The van der Waals surface area contributed by atoms with Gasteiger partial charge in [0.2, 0.25) is 5.91 Å². The number of carbonyl (C=O) groups excluding carboxylic acids is 2. The molecule has 0 unspecified atom stereocenters. The summed E-state index contributed by atoms with van der Waals surface area (Å²) >= 11 is 6.04. The monoisotopic (exact) mass is 374 g/mol. The molecule has 1 atom stereocenters. The molecule has 26 heavy (non-hydrogen) atoms. The summed E-state index contributed by atoms with van der Waals surface area (Å²) in [6.07, 6.45) is 3.93. The number of ketones is 1. The van der Waals surface area contributed by atoms with Gasteiger partial charge < -0.3 is 10.1 Å². The third kappa shape index (κ3) is 4.61. The van der Waals surface area contributed by atoms with Gasteiger partial charge in [-0.2, -0.15) is 10.4 Å². The first kappa shape index (κ1) is 19.5. The SMILES string of the molecule is COc1cc(Cl)c(C)cc1NC(=O)[C@H](C#N)C(=O)CCc1cnn(C)c1. The number of hydrogen-bond acceptors (Lipinski definition) is 5. The zero-order valence-electron chi connectivity index (χ0n) is 14.7. The largest absolute Gasteiger partial charge is 0.495 e. The molecule has 2 aromatic rings. The Morgan fingerprint density at radius 3 is 2.77 bits per heavy atom. The zero-order valence-corrected chi connectivity index (χ0v) is 15.5. The Kier molecular flexibility index (Phi) is 6.36. The number of aryl methyl sites for hydroxylation is 3. The predicted octanol–water partition coefficient (Wildman–Crippen LogP) is 2.67. The van der Waals surface area contributed by atoms with Gasteiger partial charge in [-0.05, 0) is 30.5 Å². The van der Waals surface area contributed by atoms with E-state index in [2.05, 4.69) is 10.4 Å². The number of nitriles is 1. The number of ether oxygens (including phenoxy) is 1. The molecule has 0 saturated heterocycles. The van der Waals surface area contributed by atoms with Crippen molar-refractivity contribution in [3.05, 3.63) is 40.7 Å². The highest BCUT2D eigenvalue weighted by Crippen LogP contribution is 2.31. The lowest BCUT2D eigenvalue weighted by molar-refractivity contribution is -0.128. The first-order chi connectivity index (χ1) is 12.3. The van der Waals surface area contributed by atoms with Gasteiger partial charge in [0.25, 0.3) is 0 Å². The van der Waals surface area contributed by atoms with Crippen molar-refractivity contribution in [2.24, 2.45) is 13.0 Å². The van der Waals surface area contributed by atoms with E-state index in [4.69, 9.17) is 16.3 Å². The number of Topliss-reactive ketones (excluding diaryl/α,β-unsaturated/α-hetero) is 1. The van der Waals surface area contributed by atoms with Crippen LogP contribution in [0.3, 0.4) is 0 Å². The quantitative estimate of drug-likeness (QED) is 0.751. The van der Waals surface area contributed by atoms with Crippen LogP contribution in [0, 0.1) is 24.2 Å². The first-order valence-electron chi connectivity index (χ1n) is 7.90. The van der Waals surface area contributed by atoms with Crippen molar-refractivity contribution in [3.8, 4) is 11.8 Å². The molecule has 1 N–H and O–H groups in total. The highest BCUT2D eigenvalue weighted by atomic mass is 35.5. The van der Waals surface area contributed by atoms with E-state index in [-0.39, 0.29) is 6.42 Å². The minimum Gasteiger partial charge on any atom is -0.495 e. The topological polar surface area (TPSA) is 97.0 Å². The maximum absolute atomic E-state index is 12.4. The Hall–Kier alpha value is -2.85. The van der Waals surface area contributed by atoms with Crippen molar-refractivity contribution in [2.75, 3.05) is 12.4 Å². The molecule has 1 aromatic heterocycles. The maximum Gasteiger partial charge on any atom is 0.249 e. The molecular formula is C18H19ClN4O3. The van der Waals surface area contributed by atoms with Crippen molar-refractivity contribution in [2.45, 2.75) is 19.8 Å². The lowest BCUT2D eigenvalue weighted by Gasteiger charge is -2.14. The number of anilines is 1. The van der Waals surface area contributed by atoms with Gasteiger partial charge in [-0.15, -0.1) is 0 Å². The molecule has 2 rings (SSSR count). The predicted molar refractivity (Wildman–Crippen MR) is 97.0 cm³/mol. The summed E-state index contributed by atoms with van der Waals surface area (Å²) in [6.45, 7) is 1.78. The molecule has 1 amide bonds. The average molecular weight is 375 g/mol. The molecule has 0 bridgehead atoms. The second kappa shape index (κ2) is 8.50. The number of hydrogen-bond donors (Lipinski definition) is 1. The van der Waals surface area contributed by atoms with Gasteiger partial charge >= 0.3 is 0 Å². The Balaban J connectivity index is 2.07. The van der Waals surface area contributed by atoms with Crippen molar-refractivity contribution in [1.82, 2.24) is 9.78 Å². The number of amides is 1. The Bertz CT molecular complexity index is 870. The van der Waals surface area contributed by atoms with Gasteiger partial charge in [-0.3, -0.25) is 14.3 Å². The smallest absolute Gasteiger partial charge is 0.249 e. The second-order valence-electron chi connectivity index (χ2n) is 5.84. The molecule has 1 heterocycles. The van der Waals surface area contributed by atoms with E-state index in [0.29, 0.717) is 22.9 Å². The summed E-state index contributed by atoms with van der Waals surface area (Å²) in [6, 6.07) is 4.98. The normalized spacial score (nSPS) is 11.5. The number of nitrogens with one attached hydrogen (secondary N) is 1. The Morgan fingerprint density at radius 1 is 1.46 bits per heavy atom. The van der Waals surface area contributed by atoms with Crippen molar-refractivity contribution in [1.29, 1.82) is 5.26 Å². The fraction of sp³-hybridized carbons (Fsp3) is 0.333. The zero-order chi connectivity index (χ0) is 19.3. The minimum atomic E-state index is -1.40. The van der Waals surface area contributed by atoms with Gasteiger partial charge in [0, 0.05) is 30.8 Å². The molecule has 1 aromatic carbocycles. The Morgan fingerprint density at radius 2 is 2.19 bits per heavy atom. The summed E-state index contributed by atoms with van der Waals surface area (Å²) in [4.78, 5) is 24.7. The highest BCUT2D eigenvalue weighted by molar-refractivity contribution is 6.31. The van der Waals surface area contributed by atoms with E-state index in [1.165, 1.54) is 7.11 Å². The molecule has 8 heteroatoms. The lowest BCUT2D eigenvalue weighted by atomic mass is 9.99. The molecule has 0 saturated carbocycles. The van der Waals surface area contributed by atoms with Crippen molar-refractivity contribution >= 4 is 29.0 Å². The molecule has 0 aliphatic carbocycles. The molecule has 0 spiro atoms. The van der Waals surface area contributed by atoms with E-state index >= 15 is 0 Å². The third-order valence-electron chi connectivity index (χ3n) is 3.87. The number of nitrogens with zero attached hydrogens (tertiary/aromatic N) is 3. The molecule has 136 valence electrons. The highest BCUT2D eigenvalue weighted by Gasteiger charge is 2.27. The minimum absolute atomic E-state index is 0.0775. The van der Waals surface area contributed by atoms with E-state index in [1.807, 2.05) is 0 Å². The number of halogens is 1. The summed E-state index contributed by atoms with van der Waals surface area (Å²) in [5, 5.41) is 16.4. The molecule has 0 aliphatic heterocycles. The van der Waals surface area contributed by atoms with Crippen LogP contribution in [-0.2, 0) is 23.1 Å². The van der Waals surface area contributed by atoms with Gasteiger partial charge in [0.1, 0.15) is 5.75 Å². The van der Waals surface area contributed by atoms with Crippen LogP contribution in [-0.4, -0.2) is 28.6 Å². The van der Waals surface area contributed by atoms with Crippen molar-refractivity contribution < 1.29 is 14.3 Å². The standard InChI is InChI=1S/C18H19ClN4O3/c1-11-6-15(17(26-3)7-14(11)19)22-18(25)13(8-20)16(24)5-4-12-9-21-23(2)10-12/h6-7,9-10,13H,4-5H2,1-3H3,(H,22,25)/t13-/m1/s1. The summed E-state index contributed by atoms with van der Waals surface area (Å²) < 4.78 is 6.82. The molecule has 0 radical (unpaired) electrons. The first-order valence-corrected chi connectivity index (χ1v) is 8.28. The van der Waals surface area contributed by atoms with Crippen LogP contribution in [0.5, 0.6) is 5.75 Å². The van der Waals surface area contributed by atoms with Crippen LogP contribution >= 0.6 is 11.6 Å². The fourth-order valence-corrected chi connectivity index (χ4v) is 2.58. The number of aromatic nitrogens is 2. The number of carbonyl (C=O) groups is 2. The fourth-order valence-electron chi connectivity index (χ4n) is 2.42. The van der Waals surface area contributed by atoms with E-state index in [0.717, 1.165) is 11.1 Å². The summed E-state index contributed by atoms with van der Waals surface area (Å²) in [5.41, 5.74) is 1.96. The Labute approximate surface area is 156 Å². The van der Waals surface area contributed by atoms with E-state index < -0.39 is 17.6 Å².